The van der Waals surface area contributed by atoms with E-state index in [-0.39, 0.29) is 12.5 Å². The Hall–Kier alpha value is -2.57. The van der Waals surface area contributed by atoms with Gasteiger partial charge in [0.15, 0.2) is 0 Å². The van der Waals surface area contributed by atoms with Gasteiger partial charge in [0.2, 0.25) is 0 Å². The van der Waals surface area contributed by atoms with Crippen molar-refractivity contribution >= 4 is 28.8 Å². The molecule has 1 N–H and O–H groups in total. The molecule has 0 aliphatic heterocycles. The molecule has 0 atom stereocenters. The second kappa shape index (κ2) is 8.00. The predicted octanol–water partition coefficient (Wildman–Crippen LogP) is 3.73. The van der Waals surface area contributed by atoms with Gasteiger partial charge in [0.25, 0.3) is 0 Å². The number of esters is 1. The van der Waals surface area contributed by atoms with Crippen LogP contribution in [0, 0.1) is 0 Å². The van der Waals surface area contributed by atoms with Gasteiger partial charge in [-0.15, -0.1) is 0 Å². The van der Waals surface area contributed by atoms with Crippen molar-refractivity contribution in [3.63, 3.8) is 0 Å². The zero-order chi connectivity index (χ0) is 18.4. The Balaban J connectivity index is 2.11. The van der Waals surface area contributed by atoms with E-state index in [2.05, 4.69) is 10.3 Å². The Morgan fingerprint density at radius 2 is 2.04 bits per heavy atom. The first-order chi connectivity index (χ1) is 11.8. The predicted molar refractivity (Wildman–Crippen MR) is 95.5 cm³/mol. The van der Waals surface area contributed by atoms with Crippen molar-refractivity contribution < 1.29 is 19.1 Å². The lowest BCUT2D eigenvalue weighted by Gasteiger charge is -2.19. The van der Waals surface area contributed by atoms with Crippen LogP contribution >= 0.6 is 0 Å². The number of aromatic nitrogens is 2. The van der Waals surface area contributed by atoms with Crippen molar-refractivity contribution in [2.45, 2.75) is 52.7 Å². The normalized spacial score (nSPS) is 11.4. The fraction of sp³-hybridized carbons (Fsp3) is 0.500. The van der Waals surface area contributed by atoms with Crippen LogP contribution in [0.3, 0.4) is 0 Å². The van der Waals surface area contributed by atoms with Crippen molar-refractivity contribution in [2.75, 3.05) is 11.9 Å². The maximum Gasteiger partial charge on any atom is 0.412 e. The summed E-state index contributed by atoms with van der Waals surface area (Å²) in [5.41, 5.74) is 0.600. The number of carbonyl (C=O) groups is 2. The molecule has 0 fully saturated rings. The highest BCUT2D eigenvalue weighted by Gasteiger charge is 2.18. The lowest BCUT2D eigenvalue weighted by molar-refractivity contribution is -0.144. The van der Waals surface area contributed by atoms with Gasteiger partial charge in [-0.1, -0.05) is 13.3 Å². The summed E-state index contributed by atoms with van der Waals surface area (Å²) >= 11 is 0. The maximum absolute atomic E-state index is 12.0. The summed E-state index contributed by atoms with van der Waals surface area (Å²) in [5, 5.41) is 3.45. The molecular formula is C18H25N3O4. The number of carbonyl (C=O) groups excluding carboxylic acids is 2. The van der Waals surface area contributed by atoms with E-state index in [1.54, 1.807) is 49.9 Å². The number of hydrogen-bond donors (Lipinski definition) is 1. The molecular weight excluding hydrogens is 322 g/mol. The largest absolute Gasteiger partial charge is 0.464 e. The molecule has 7 heteroatoms. The van der Waals surface area contributed by atoms with Gasteiger partial charge in [0.1, 0.15) is 17.8 Å². The molecule has 0 unspecified atom stereocenters. The van der Waals surface area contributed by atoms with E-state index in [9.17, 15) is 9.59 Å². The molecule has 0 aromatic carbocycles. The quantitative estimate of drug-likeness (QED) is 0.636. The Morgan fingerprint density at radius 1 is 1.28 bits per heavy atom. The molecule has 0 radical (unpaired) electrons. The van der Waals surface area contributed by atoms with Crippen LogP contribution in [0.4, 0.5) is 10.5 Å². The standard InChI is InChI=1S/C18H25N3O4/c1-5-6-11-24-15(22)12-21-10-8-13-14(7-9-19-16(13)21)20-17(23)25-18(2,3)4/h7-10H,5-6,11-12H2,1-4H3,(H,19,20,23). The minimum atomic E-state index is -0.579. The van der Waals surface area contributed by atoms with Crippen molar-refractivity contribution in [1.82, 2.24) is 9.55 Å². The summed E-state index contributed by atoms with van der Waals surface area (Å²) in [7, 11) is 0. The summed E-state index contributed by atoms with van der Waals surface area (Å²) in [4.78, 5) is 28.2. The van der Waals surface area contributed by atoms with Gasteiger partial charge in [-0.25, -0.2) is 9.78 Å². The van der Waals surface area contributed by atoms with Crippen molar-refractivity contribution in [2.24, 2.45) is 0 Å². The van der Waals surface area contributed by atoms with E-state index in [4.69, 9.17) is 9.47 Å². The molecule has 0 aliphatic rings. The van der Waals surface area contributed by atoms with Crippen molar-refractivity contribution in [3.8, 4) is 0 Å². The second-order valence-electron chi connectivity index (χ2n) is 6.74. The molecule has 1 amide bonds. The first kappa shape index (κ1) is 18.8. The third-order valence-electron chi connectivity index (χ3n) is 3.36. The Kier molecular flexibility index (Phi) is 6.01. The number of pyridine rings is 1. The molecule has 2 aromatic heterocycles. The van der Waals surface area contributed by atoms with Gasteiger partial charge in [-0.3, -0.25) is 10.1 Å². The Labute approximate surface area is 147 Å². The number of unbranched alkanes of at least 4 members (excludes halogenated alkanes) is 1. The third kappa shape index (κ3) is 5.48. The Bertz CT molecular complexity index is 746. The zero-order valence-electron chi connectivity index (χ0n) is 15.2. The molecule has 0 spiro atoms. The van der Waals surface area contributed by atoms with E-state index in [0.717, 1.165) is 18.2 Å². The average Bonchev–Trinajstić information content (AvgIpc) is 2.90. The van der Waals surface area contributed by atoms with Crippen LogP contribution in [-0.4, -0.2) is 33.8 Å². The van der Waals surface area contributed by atoms with Crippen molar-refractivity contribution in [3.05, 3.63) is 24.5 Å². The number of nitrogens with zero attached hydrogens (tertiary/aromatic N) is 2. The van der Waals surface area contributed by atoms with Crippen LogP contribution in [0.5, 0.6) is 0 Å². The number of fused-ring (bicyclic) bond motifs is 1. The van der Waals surface area contributed by atoms with Crippen LogP contribution in [-0.2, 0) is 20.8 Å². The second-order valence-corrected chi connectivity index (χ2v) is 6.74. The van der Waals surface area contributed by atoms with Gasteiger partial charge < -0.3 is 14.0 Å². The van der Waals surface area contributed by atoms with Gasteiger partial charge in [0, 0.05) is 17.8 Å². The van der Waals surface area contributed by atoms with E-state index in [1.165, 1.54) is 0 Å². The van der Waals surface area contributed by atoms with Gasteiger partial charge in [-0.05, 0) is 39.3 Å². The fourth-order valence-corrected chi connectivity index (χ4v) is 2.26. The third-order valence-corrected chi connectivity index (χ3v) is 3.36. The monoisotopic (exact) mass is 347 g/mol. The molecule has 0 aliphatic carbocycles. The minimum Gasteiger partial charge on any atom is -0.464 e. The lowest BCUT2D eigenvalue weighted by atomic mass is 10.2. The van der Waals surface area contributed by atoms with Crippen LogP contribution in [0.2, 0.25) is 0 Å². The SMILES string of the molecule is CCCCOC(=O)Cn1ccc2c(NC(=O)OC(C)(C)C)ccnc21. The molecule has 2 rings (SSSR count). The van der Waals surface area contributed by atoms with Gasteiger partial charge in [-0.2, -0.15) is 0 Å². The highest BCUT2D eigenvalue weighted by Crippen LogP contribution is 2.23. The highest BCUT2D eigenvalue weighted by atomic mass is 16.6. The fourth-order valence-electron chi connectivity index (χ4n) is 2.26. The van der Waals surface area contributed by atoms with Crippen molar-refractivity contribution in [1.29, 1.82) is 0 Å². The first-order valence-corrected chi connectivity index (χ1v) is 8.39. The number of rotatable bonds is 6. The topological polar surface area (TPSA) is 82.5 Å². The highest BCUT2D eigenvalue weighted by molar-refractivity contribution is 5.98. The molecule has 25 heavy (non-hydrogen) atoms. The summed E-state index contributed by atoms with van der Waals surface area (Å²) in [5.74, 6) is -0.307. The molecule has 7 nitrogen and oxygen atoms in total. The zero-order valence-corrected chi connectivity index (χ0v) is 15.2. The summed E-state index contributed by atoms with van der Waals surface area (Å²) in [6, 6.07) is 3.49. The van der Waals surface area contributed by atoms with E-state index in [0.29, 0.717) is 17.9 Å². The molecule has 0 saturated carbocycles. The molecule has 0 bridgehead atoms. The smallest absolute Gasteiger partial charge is 0.412 e. The van der Waals surface area contributed by atoms with Crippen LogP contribution in [0.25, 0.3) is 11.0 Å². The van der Waals surface area contributed by atoms with Gasteiger partial charge in [0.05, 0.1) is 12.3 Å². The lowest BCUT2D eigenvalue weighted by Crippen LogP contribution is -2.27. The number of ether oxygens (including phenoxy) is 2. The number of amides is 1. The average molecular weight is 347 g/mol. The van der Waals surface area contributed by atoms with Crippen LogP contribution in [0.15, 0.2) is 24.5 Å². The number of anilines is 1. The van der Waals surface area contributed by atoms with Gasteiger partial charge >= 0.3 is 12.1 Å². The van der Waals surface area contributed by atoms with E-state index < -0.39 is 11.7 Å². The van der Waals surface area contributed by atoms with Crippen LogP contribution in [0.1, 0.15) is 40.5 Å². The number of nitrogens with one attached hydrogen (secondary N) is 1. The maximum atomic E-state index is 12.0. The summed E-state index contributed by atoms with van der Waals surface area (Å²) in [6.07, 6.45) is 4.61. The molecule has 2 heterocycles. The minimum absolute atomic E-state index is 0.0795. The summed E-state index contributed by atoms with van der Waals surface area (Å²) in [6.45, 7) is 7.94. The molecule has 0 saturated heterocycles. The molecule has 136 valence electrons. The number of hydrogen-bond acceptors (Lipinski definition) is 5. The Morgan fingerprint density at radius 3 is 2.72 bits per heavy atom. The summed E-state index contributed by atoms with van der Waals surface area (Å²) < 4.78 is 12.1. The van der Waals surface area contributed by atoms with E-state index in [1.807, 2.05) is 6.92 Å². The first-order valence-electron chi connectivity index (χ1n) is 8.39. The van der Waals surface area contributed by atoms with E-state index >= 15 is 0 Å². The molecule has 2 aromatic rings. The van der Waals surface area contributed by atoms with Crippen LogP contribution < -0.4 is 5.32 Å².